The number of nitrogens with zero attached hydrogens (tertiary/aromatic N) is 3. The van der Waals surface area contributed by atoms with E-state index < -0.39 is 6.09 Å². The van der Waals surface area contributed by atoms with Crippen molar-refractivity contribution in [3.8, 4) is 0 Å². The molecule has 2 aromatic carbocycles. The number of amides is 1. The van der Waals surface area contributed by atoms with Crippen LogP contribution in [0, 0.1) is 0 Å². The molecule has 1 aromatic heterocycles. The Balaban J connectivity index is 1.67. The summed E-state index contributed by atoms with van der Waals surface area (Å²) < 4.78 is 2.36. The van der Waals surface area contributed by atoms with Crippen LogP contribution < -0.4 is 10.2 Å². The normalized spacial score (nSPS) is 19.5. The van der Waals surface area contributed by atoms with Gasteiger partial charge in [-0.1, -0.05) is 30.3 Å². The third-order valence-corrected chi connectivity index (χ3v) is 6.06. The first-order valence-corrected chi connectivity index (χ1v) is 9.93. The van der Waals surface area contributed by atoms with Crippen LogP contribution in [0.5, 0.6) is 0 Å². The maximum Gasteiger partial charge on any atom is 0.412 e. The predicted molar refractivity (Wildman–Crippen MR) is 109 cm³/mol. The minimum Gasteiger partial charge on any atom is -0.465 e. The SMILES string of the molecule is CC1CCc2c(ccc3c2nc(Cc2ccccc2)n3C2CNC2)N1C(=O)O. The van der Waals surface area contributed by atoms with Gasteiger partial charge < -0.3 is 15.0 Å². The number of hydrogen-bond acceptors (Lipinski definition) is 3. The van der Waals surface area contributed by atoms with Gasteiger partial charge in [-0.2, -0.15) is 0 Å². The van der Waals surface area contributed by atoms with Crippen molar-refractivity contribution in [3.05, 3.63) is 59.4 Å². The molecule has 2 aliphatic rings. The van der Waals surface area contributed by atoms with Crippen molar-refractivity contribution < 1.29 is 9.90 Å². The fourth-order valence-electron chi connectivity index (χ4n) is 4.50. The summed E-state index contributed by atoms with van der Waals surface area (Å²) in [5.41, 5.74) is 5.19. The molecule has 1 unspecified atom stereocenters. The van der Waals surface area contributed by atoms with Crippen LogP contribution in [0.2, 0.25) is 0 Å². The molecule has 1 fully saturated rings. The molecule has 1 atom stereocenters. The summed E-state index contributed by atoms with van der Waals surface area (Å²) in [5, 5.41) is 13.1. The van der Waals surface area contributed by atoms with E-state index in [0.717, 1.165) is 60.5 Å². The van der Waals surface area contributed by atoms with Crippen LogP contribution in [0.25, 0.3) is 11.0 Å². The maximum atomic E-state index is 11.8. The zero-order valence-corrected chi connectivity index (χ0v) is 15.9. The number of benzene rings is 2. The first-order valence-electron chi connectivity index (χ1n) is 9.93. The van der Waals surface area contributed by atoms with Gasteiger partial charge in [0.1, 0.15) is 5.82 Å². The molecular weight excluding hydrogens is 352 g/mol. The summed E-state index contributed by atoms with van der Waals surface area (Å²) in [6.07, 6.45) is 1.58. The molecule has 2 aliphatic heterocycles. The Labute approximate surface area is 163 Å². The number of fused-ring (bicyclic) bond motifs is 3. The Morgan fingerprint density at radius 3 is 2.68 bits per heavy atom. The van der Waals surface area contributed by atoms with Gasteiger partial charge in [-0.05, 0) is 37.5 Å². The van der Waals surface area contributed by atoms with Gasteiger partial charge >= 0.3 is 6.09 Å². The lowest BCUT2D eigenvalue weighted by molar-refractivity contribution is 0.198. The minimum absolute atomic E-state index is 0.0100. The number of nitrogens with one attached hydrogen (secondary N) is 1. The van der Waals surface area contributed by atoms with Crippen LogP contribution in [0.3, 0.4) is 0 Å². The van der Waals surface area contributed by atoms with Crippen molar-refractivity contribution in [2.75, 3.05) is 18.0 Å². The Morgan fingerprint density at radius 2 is 2.00 bits per heavy atom. The molecule has 1 saturated heterocycles. The van der Waals surface area contributed by atoms with Gasteiger partial charge in [0.15, 0.2) is 0 Å². The summed E-state index contributed by atoms with van der Waals surface area (Å²) >= 11 is 0. The highest BCUT2D eigenvalue weighted by molar-refractivity contribution is 5.94. The molecule has 1 amide bonds. The highest BCUT2D eigenvalue weighted by Gasteiger charge is 2.32. The summed E-state index contributed by atoms with van der Waals surface area (Å²) in [4.78, 5) is 18.4. The molecule has 0 aliphatic carbocycles. The average Bonchev–Trinajstić information content (AvgIpc) is 2.99. The fourth-order valence-corrected chi connectivity index (χ4v) is 4.50. The Bertz CT molecular complexity index is 1040. The highest BCUT2D eigenvalue weighted by atomic mass is 16.4. The zero-order valence-electron chi connectivity index (χ0n) is 15.9. The second-order valence-corrected chi connectivity index (χ2v) is 7.84. The molecule has 6 heteroatoms. The van der Waals surface area contributed by atoms with Crippen LogP contribution in [0.4, 0.5) is 10.5 Å². The smallest absolute Gasteiger partial charge is 0.412 e. The van der Waals surface area contributed by atoms with E-state index >= 15 is 0 Å². The maximum absolute atomic E-state index is 11.8. The van der Waals surface area contributed by atoms with E-state index in [-0.39, 0.29) is 6.04 Å². The Hall–Kier alpha value is -2.86. The summed E-state index contributed by atoms with van der Waals surface area (Å²) in [6.45, 7) is 3.87. The van der Waals surface area contributed by atoms with Gasteiger partial charge in [0.2, 0.25) is 0 Å². The van der Waals surface area contributed by atoms with Crippen LogP contribution in [-0.2, 0) is 12.8 Å². The number of imidazole rings is 1. The van der Waals surface area contributed by atoms with Gasteiger partial charge in [0, 0.05) is 31.1 Å². The van der Waals surface area contributed by atoms with E-state index in [9.17, 15) is 9.90 Å². The Morgan fingerprint density at radius 1 is 1.21 bits per heavy atom. The van der Waals surface area contributed by atoms with Crippen molar-refractivity contribution in [1.82, 2.24) is 14.9 Å². The third kappa shape index (κ3) is 2.67. The standard InChI is InChI=1S/C22H24N4O2/c1-14-7-8-17-18(25(14)22(27)28)9-10-19-21(17)24-20(26(19)16-12-23-13-16)11-15-5-3-2-4-6-15/h2-6,9-10,14,16,23H,7-8,11-13H2,1H3,(H,27,28). The molecule has 3 heterocycles. The topological polar surface area (TPSA) is 70.4 Å². The molecule has 3 aromatic rings. The molecular formula is C22H24N4O2. The Kier molecular flexibility index (Phi) is 4.09. The van der Waals surface area contributed by atoms with E-state index in [2.05, 4.69) is 40.2 Å². The third-order valence-electron chi connectivity index (χ3n) is 6.06. The van der Waals surface area contributed by atoms with Gasteiger partial charge in [0.25, 0.3) is 0 Å². The van der Waals surface area contributed by atoms with E-state index in [4.69, 9.17) is 4.98 Å². The van der Waals surface area contributed by atoms with Gasteiger partial charge in [-0.3, -0.25) is 4.90 Å². The van der Waals surface area contributed by atoms with Crippen molar-refractivity contribution in [2.45, 2.75) is 38.3 Å². The molecule has 0 radical (unpaired) electrons. The van der Waals surface area contributed by atoms with E-state index in [0.29, 0.717) is 6.04 Å². The molecule has 6 nitrogen and oxygen atoms in total. The van der Waals surface area contributed by atoms with Crippen molar-refractivity contribution in [1.29, 1.82) is 0 Å². The first kappa shape index (κ1) is 17.3. The average molecular weight is 376 g/mol. The number of aryl methyl sites for hydroxylation is 1. The number of carbonyl (C=O) groups is 1. The quantitative estimate of drug-likeness (QED) is 0.733. The van der Waals surface area contributed by atoms with Gasteiger partial charge in [0.05, 0.1) is 22.8 Å². The first-order chi connectivity index (χ1) is 13.6. The number of anilines is 1. The molecule has 0 bridgehead atoms. The van der Waals surface area contributed by atoms with Crippen molar-refractivity contribution >= 4 is 22.8 Å². The number of aromatic nitrogens is 2. The lowest BCUT2D eigenvalue weighted by Gasteiger charge is -2.33. The zero-order chi connectivity index (χ0) is 19.3. The molecule has 2 N–H and O–H groups in total. The van der Waals surface area contributed by atoms with Gasteiger partial charge in [-0.25, -0.2) is 9.78 Å². The molecule has 0 spiro atoms. The predicted octanol–water partition coefficient (Wildman–Crippen LogP) is 3.59. The molecule has 28 heavy (non-hydrogen) atoms. The minimum atomic E-state index is -0.889. The van der Waals surface area contributed by atoms with E-state index in [1.165, 1.54) is 10.5 Å². The monoisotopic (exact) mass is 376 g/mol. The number of rotatable bonds is 3. The summed E-state index contributed by atoms with van der Waals surface area (Å²) in [6, 6.07) is 14.8. The lowest BCUT2D eigenvalue weighted by Crippen LogP contribution is -2.44. The van der Waals surface area contributed by atoms with Crippen LogP contribution in [0.1, 0.15) is 36.3 Å². The van der Waals surface area contributed by atoms with Crippen LogP contribution in [0.15, 0.2) is 42.5 Å². The summed E-state index contributed by atoms with van der Waals surface area (Å²) in [7, 11) is 0. The van der Waals surface area contributed by atoms with Gasteiger partial charge in [-0.15, -0.1) is 0 Å². The second kappa shape index (κ2) is 6.63. The van der Waals surface area contributed by atoms with Crippen LogP contribution in [-0.4, -0.2) is 39.9 Å². The van der Waals surface area contributed by atoms with Crippen molar-refractivity contribution in [3.63, 3.8) is 0 Å². The lowest BCUT2D eigenvalue weighted by atomic mass is 9.95. The van der Waals surface area contributed by atoms with E-state index in [1.807, 2.05) is 19.1 Å². The summed E-state index contributed by atoms with van der Waals surface area (Å²) in [5.74, 6) is 1.06. The highest BCUT2D eigenvalue weighted by Crippen LogP contribution is 2.37. The number of hydrogen-bond donors (Lipinski definition) is 2. The van der Waals surface area contributed by atoms with E-state index in [1.54, 1.807) is 0 Å². The largest absolute Gasteiger partial charge is 0.465 e. The molecule has 5 rings (SSSR count). The van der Waals surface area contributed by atoms with Crippen molar-refractivity contribution in [2.24, 2.45) is 0 Å². The number of carboxylic acid groups (broad SMARTS) is 1. The second-order valence-electron chi connectivity index (χ2n) is 7.84. The fraction of sp³-hybridized carbons (Fsp3) is 0.364. The molecule has 144 valence electrons. The molecule has 0 saturated carbocycles. The van der Waals surface area contributed by atoms with Crippen LogP contribution >= 0.6 is 0 Å².